The van der Waals surface area contributed by atoms with Crippen molar-refractivity contribution in [3.63, 3.8) is 0 Å². The van der Waals surface area contributed by atoms with E-state index in [2.05, 4.69) is 36.8 Å². The van der Waals surface area contributed by atoms with Crippen LogP contribution in [0.4, 0.5) is 5.95 Å². The Labute approximate surface area is 93.3 Å². The number of hydrogen-bond donors (Lipinski definition) is 1. The molecule has 0 aromatic carbocycles. The van der Waals surface area contributed by atoms with E-state index in [1.54, 1.807) is 12.5 Å². The molecular formula is C10H14N6. The molecule has 1 N–H and O–H groups in total. The largest absolute Gasteiger partial charge is 0.342 e. The molecule has 0 atom stereocenters. The highest BCUT2D eigenvalue weighted by Crippen LogP contribution is 2.13. The minimum absolute atomic E-state index is 0.740. The summed E-state index contributed by atoms with van der Waals surface area (Å²) in [4.78, 5) is 20.4. The molecule has 0 bridgehead atoms. The fourth-order valence-electron chi connectivity index (χ4n) is 1.89. The number of rotatable bonds is 1. The number of hydrogen-bond acceptors (Lipinski definition) is 5. The highest BCUT2D eigenvalue weighted by Gasteiger charge is 2.16. The molecule has 0 amide bonds. The summed E-state index contributed by atoms with van der Waals surface area (Å²) in [5, 5.41) is 0. The second-order valence-electron chi connectivity index (χ2n) is 4.10. The van der Waals surface area contributed by atoms with Gasteiger partial charge in [0.25, 0.3) is 0 Å². The molecule has 1 saturated heterocycles. The molecular weight excluding hydrogens is 204 g/mol. The average molecular weight is 218 g/mol. The number of anilines is 1. The van der Waals surface area contributed by atoms with E-state index in [1.165, 1.54) is 0 Å². The van der Waals surface area contributed by atoms with Gasteiger partial charge < -0.3 is 14.8 Å². The van der Waals surface area contributed by atoms with E-state index in [0.717, 1.165) is 43.3 Å². The molecule has 0 spiro atoms. The van der Waals surface area contributed by atoms with Gasteiger partial charge in [-0.1, -0.05) is 0 Å². The second kappa shape index (κ2) is 3.71. The van der Waals surface area contributed by atoms with E-state index in [0.29, 0.717) is 0 Å². The zero-order chi connectivity index (χ0) is 11.0. The number of aromatic amines is 1. The first-order valence-corrected chi connectivity index (χ1v) is 5.42. The van der Waals surface area contributed by atoms with Crippen LogP contribution in [0.1, 0.15) is 0 Å². The Morgan fingerprint density at radius 2 is 2.00 bits per heavy atom. The monoisotopic (exact) mass is 218 g/mol. The van der Waals surface area contributed by atoms with E-state index in [-0.39, 0.29) is 0 Å². The lowest BCUT2D eigenvalue weighted by atomic mass is 10.3. The molecule has 6 nitrogen and oxygen atoms in total. The van der Waals surface area contributed by atoms with Crippen LogP contribution >= 0.6 is 0 Å². The normalized spacial score (nSPS) is 18.2. The summed E-state index contributed by atoms with van der Waals surface area (Å²) >= 11 is 0. The number of nitrogens with one attached hydrogen (secondary N) is 1. The predicted octanol–water partition coefficient (Wildman–Crippen LogP) is 0.105. The van der Waals surface area contributed by atoms with Crippen molar-refractivity contribution < 1.29 is 0 Å². The van der Waals surface area contributed by atoms with Crippen LogP contribution in [0, 0.1) is 0 Å². The van der Waals surface area contributed by atoms with Gasteiger partial charge in [0.15, 0.2) is 5.65 Å². The average Bonchev–Trinajstić information content (AvgIpc) is 2.77. The molecule has 3 rings (SSSR count). The van der Waals surface area contributed by atoms with Crippen LogP contribution in [0.15, 0.2) is 12.5 Å². The van der Waals surface area contributed by atoms with E-state index in [1.807, 2.05) is 0 Å². The molecule has 0 saturated carbocycles. The predicted molar refractivity (Wildman–Crippen MR) is 61.4 cm³/mol. The van der Waals surface area contributed by atoms with Gasteiger partial charge in [0.2, 0.25) is 5.95 Å². The van der Waals surface area contributed by atoms with Crippen LogP contribution in [0.2, 0.25) is 0 Å². The number of fused-ring (bicyclic) bond motifs is 1. The summed E-state index contributed by atoms with van der Waals surface area (Å²) in [5.41, 5.74) is 1.63. The third-order valence-electron chi connectivity index (χ3n) is 2.95. The van der Waals surface area contributed by atoms with Crippen molar-refractivity contribution in [3.8, 4) is 0 Å². The third-order valence-corrected chi connectivity index (χ3v) is 2.95. The van der Waals surface area contributed by atoms with Crippen LogP contribution in [-0.4, -0.2) is 58.1 Å². The minimum Gasteiger partial charge on any atom is -0.342 e. The van der Waals surface area contributed by atoms with Gasteiger partial charge in [0.1, 0.15) is 5.52 Å². The molecule has 84 valence electrons. The fraction of sp³-hybridized carbons (Fsp3) is 0.500. The number of likely N-dealkylation sites (N-methyl/N-ethyl adjacent to an activating group) is 1. The van der Waals surface area contributed by atoms with Gasteiger partial charge >= 0.3 is 0 Å². The summed E-state index contributed by atoms with van der Waals surface area (Å²) in [6, 6.07) is 0. The lowest BCUT2D eigenvalue weighted by molar-refractivity contribution is 0.311. The summed E-state index contributed by atoms with van der Waals surface area (Å²) in [7, 11) is 2.13. The van der Waals surface area contributed by atoms with E-state index >= 15 is 0 Å². The lowest BCUT2D eigenvalue weighted by Gasteiger charge is -2.32. The number of piperazine rings is 1. The Balaban J connectivity index is 1.87. The number of nitrogens with zero attached hydrogens (tertiary/aromatic N) is 5. The van der Waals surface area contributed by atoms with Gasteiger partial charge in [-0.05, 0) is 7.05 Å². The minimum atomic E-state index is 0.740. The highest BCUT2D eigenvalue weighted by atomic mass is 15.3. The molecule has 1 fully saturated rings. The Kier molecular flexibility index (Phi) is 2.21. The Bertz CT molecular complexity index is 485. The fourth-order valence-corrected chi connectivity index (χ4v) is 1.89. The first kappa shape index (κ1) is 9.53. The Morgan fingerprint density at radius 3 is 2.81 bits per heavy atom. The third kappa shape index (κ3) is 1.61. The number of imidazole rings is 1. The highest BCUT2D eigenvalue weighted by molar-refractivity contribution is 5.69. The molecule has 3 heterocycles. The summed E-state index contributed by atoms with van der Waals surface area (Å²) in [5.74, 6) is 0.785. The second-order valence-corrected chi connectivity index (χ2v) is 4.10. The van der Waals surface area contributed by atoms with Gasteiger partial charge in [-0.3, -0.25) is 0 Å². The molecule has 1 aliphatic rings. The lowest BCUT2D eigenvalue weighted by Crippen LogP contribution is -2.45. The molecule has 6 heteroatoms. The molecule has 2 aromatic rings. The van der Waals surface area contributed by atoms with Crippen molar-refractivity contribution in [2.45, 2.75) is 0 Å². The van der Waals surface area contributed by atoms with E-state index in [9.17, 15) is 0 Å². The van der Waals surface area contributed by atoms with Crippen molar-refractivity contribution in [1.29, 1.82) is 0 Å². The zero-order valence-electron chi connectivity index (χ0n) is 9.22. The van der Waals surface area contributed by atoms with Crippen LogP contribution < -0.4 is 4.90 Å². The smallest absolute Gasteiger partial charge is 0.227 e. The van der Waals surface area contributed by atoms with Gasteiger partial charge in [-0.2, -0.15) is 4.98 Å². The topological polar surface area (TPSA) is 60.9 Å². The first-order valence-electron chi connectivity index (χ1n) is 5.42. The van der Waals surface area contributed by atoms with Crippen molar-refractivity contribution in [1.82, 2.24) is 24.8 Å². The van der Waals surface area contributed by atoms with Gasteiger partial charge in [0.05, 0.1) is 12.5 Å². The molecule has 0 aliphatic carbocycles. The Morgan fingerprint density at radius 1 is 1.19 bits per heavy atom. The van der Waals surface area contributed by atoms with Crippen molar-refractivity contribution >= 4 is 17.1 Å². The standard InChI is InChI=1S/C10H14N6/c1-15-2-4-16(5-3-15)10-11-6-8-9(14-10)13-7-12-8/h6-7H,2-5H2,1H3,(H,11,12,13,14). The van der Waals surface area contributed by atoms with E-state index in [4.69, 9.17) is 0 Å². The molecule has 2 aromatic heterocycles. The molecule has 0 unspecified atom stereocenters. The molecule has 0 radical (unpaired) electrons. The first-order chi connectivity index (χ1) is 7.83. The van der Waals surface area contributed by atoms with Crippen LogP contribution in [0.5, 0.6) is 0 Å². The summed E-state index contributed by atoms with van der Waals surface area (Å²) in [6.07, 6.45) is 3.44. The quantitative estimate of drug-likeness (QED) is 0.736. The van der Waals surface area contributed by atoms with Gasteiger partial charge in [-0.15, -0.1) is 0 Å². The Hall–Kier alpha value is -1.69. The maximum Gasteiger partial charge on any atom is 0.227 e. The summed E-state index contributed by atoms with van der Waals surface area (Å²) in [6.45, 7) is 4.07. The maximum absolute atomic E-state index is 4.44. The van der Waals surface area contributed by atoms with Crippen LogP contribution in [0.3, 0.4) is 0 Å². The SMILES string of the molecule is CN1CCN(c2ncc3[nH]cnc3n2)CC1. The number of H-pyrrole nitrogens is 1. The molecule has 1 aliphatic heterocycles. The van der Waals surface area contributed by atoms with Crippen molar-refractivity contribution in [2.24, 2.45) is 0 Å². The van der Waals surface area contributed by atoms with Gasteiger partial charge in [0, 0.05) is 26.2 Å². The number of aromatic nitrogens is 4. The van der Waals surface area contributed by atoms with Crippen LogP contribution in [-0.2, 0) is 0 Å². The van der Waals surface area contributed by atoms with Crippen molar-refractivity contribution in [2.75, 3.05) is 38.1 Å². The molecule has 16 heavy (non-hydrogen) atoms. The maximum atomic E-state index is 4.44. The van der Waals surface area contributed by atoms with Crippen molar-refractivity contribution in [3.05, 3.63) is 12.5 Å². The zero-order valence-corrected chi connectivity index (χ0v) is 9.22. The van der Waals surface area contributed by atoms with E-state index < -0.39 is 0 Å². The van der Waals surface area contributed by atoms with Crippen LogP contribution in [0.25, 0.3) is 11.2 Å². The van der Waals surface area contributed by atoms with Gasteiger partial charge in [-0.25, -0.2) is 9.97 Å². The summed E-state index contributed by atoms with van der Waals surface area (Å²) < 4.78 is 0.